The van der Waals surface area contributed by atoms with Crippen molar-refractivity contribution in [3.8, 4) is 0 Å². The maximum absolute atomic E-state index is 11.5. The number of rotatable bonds is 5. The molecule has 1 rings (SSSR count). The van der Waals surface area contributed by atoms with E-state index in [1.165, 1.54) is 6.92 Å². The number of amides is 1. The molecule has 0 spiro atoms. The van der Waals surface area contributed by atoms with E-state index in [1.807, 2.05) is 0 Å². The van der Waals surface area contributed by atoms with E-state index in [2.05, 4.69) is 10.3 Å². The zero-order valence-corrected chi connectivity index (χ0v) is 10.1. The lowest BCUT2D eigenvalue weighted by Crippen LogP contribution is -2.39. The van der Waals surface area contributed by atoms with Crippen molar-refractivity contribution in [2.45, 2.75) is 25.1 Å². The molecule has 1 aromatic rings. The summed E-state index contributed by atoms with van der Waals surface area (Å²) in [5.41, 5.74) is 0.617. The molecular formula is C10H14N2O4S. The Morgan fingerprint density at radius 3 is 2.71 bits per heavy atom. The van der Waals surface area contributed by atoms with Gasteiger partial charge in [0.25, 0.3) is 10.1 Å². The van der Waals surface area contributed by atoms with Crippen LogP contribution in [0, 0.1) is 0 Å². The van der Waals surface area contributed by atoms with Gasteiger partial charge in [-0.3, -0.25) is 14.3 Å². The van der Waals surface area contributed by atoms with Crippen molar-refractivity contribution in [1.82, 2.24) is 10.3 Å². The predicted molar refractivity (Wildman–Crippen MR) is 61.7 cm³/mol. The number of hydrogen-bond donors (Lipinski definition) is 2. The van der Waals surface area contributed by atoms with Gasteiger partial charge in [0.1, 0.15) is 0 Å². The highest BCUT2D eigenvalue weighted by atomic mass is 32.2. The van der Waals surface area contributed by atoms with Crippen LogP contribution in [0.1, 0.15) is 19.0 Å². The molecule has 0 aromatic carbocycles. The first kappa shape index (κ1) is 13.6. The molecule has 1 amide bonds. The van der Waals surface area contributed by atoms with Crippen LogP contribution in [0.15, 0.2) is 24.4 Å². The summed E-state index contributed by atoms with van der Waals surface area (Å²) < 4.78 is 30.6. The topological polar surface area (TPSA) is 96.4 Å². The summed E-state index contributed by atoms with van der Waals surface area (Å²) in [5, 5.41) is 0.991. The van der Waals surface area contributed by atoms with Crippen LogP contribution >= 0.6 is 0 Å². The van der Waals surface area contributed by atoms with Crippen LogP contribution < -0.4 is 5.32 Å². The molecule has 1 aromatic heterocycles. The fraction of sp³-hybridized carbons (Fsp3) is 0.400. The maximum Gasteiger partial charge on any atom is 0.276 e. The molecule has 0 saturated heterocycles. The van der Waals surface area contributed by atoms with E-state index in [-0.39, 0.29) is 13.0 Å². The van der Waals surface area contributed by atoms with Crippen LogP contribution in [-0.2, 0) is 21.5 Å². The van der Waals surface area contributed by atoms with Crippen molar-refractivity contribution in [2.24, 2.45) is 0 Å². The predicted octanol–water partition coefficient (Wildman–Crippen LogP) is 0.364. The minimum absolute atomic E-state index is 0.0207. The van der Waals surface area contributed by atoms with Gasteiger partial charge in [0.2, 0.25) is 5.91 Å². The van der Waals surface area contributed by atoms with Crippen molar-refractivity contribution >= 4 is 16.0 Å². The zero-order valence-electron chi connectivity index (χ0n) is 9.33. The minimum atomic E-state index is -4.35. The highest BCUT2D eigenvalue weighted by molar-refractivity contribution is 7.87. The molecule has 17 heavy (non-hydrogen) atoms. The quantitative estimate of drug-likeness (QED) is 0.743. The van der Waals surface area contributed by atoms with Gasteiger partial charge >= 0.3 is 0 Å². The molecule has 0 saturated carbocycles. The molecule has 1 heterocycles. The van der Waals surface area contributed by atoms with E-state index in [1.54, 1.807) is 24.4 Å². The lowest BCUT2D eigenvalue weighted by atomic mass is 10.3. The van der Waals surface area contributed by atoms with E-state index in [9.17, 15) is 13.2 Å². The van der Waals surface area contributed by atoms with Crippen molar-refractivity contribution in [1.29, 1.82) is 0 Å². The Morgan fingerprint density at radius 1 is 1.53 bits per heavy atom. The van der Waals surface area contributed by atoms with Crippen molar-refractivity contribution < 1.29 is 17.8 Å². The van der Waals surface area contributed by atoms with Gasteiger partial charge in [-0.05, 0) is 18.6 Å². The molecule has 94 valence electrons. The van der Waals surface area contributed by atoms with Crippen LogP contribution in [-0.4, -0.2) is 29.1 Å². The summed E-state index contributed by atoms with van der Waals surface area (Å²) in [4.78, 5) is 15.5. The SMILES string of the molecule is CCC(C(=O)NCc1ccccn1)S(=O)(=O)O. The van der Waals surface area contributed by atoms with E-state index in [4.69, 9.17) is 4.55 Å². The van der Waals surface area contributed by atoms with Gasteiger partial charge in [-0.25, -0.2) is 0 Å². The van der Waals surface area contributed by atoms with Crippen molar-refractivity contribution in [3.05, 3.63) is 30.1 Å². The van der Waals surface area contributed by atoms with Crippen LogP contribution in [0.25, 0.3) is 0 Å². The molecule has 1 unspecified atom stereocenters. The lowest BCUT2D eigenvalue weighted by molar-refractivity contribution is -0.121. The normalized spacial score (nSPS) is 13.1. The number of hydrogen-bond acceptors (Lipinski definition) is 4. The molecule has 0 bridgehead atoms. The van der Waals surface area contributed by atoms with Gasteiger partial charge in [-0.1, -0.05) is 13.0 Å². The standard InChI is InChI=1S/C10H14N2O4S/c1-2-9(17(14,15)16)10(13)12-7-8-5-3-4-6-11-8/h3-6,9H,2,7H2,1H3,(H,12,13)(H,14,15,16). The van der Waals surface area contributed by atoms with Crippen LogP contribution in [0.3, 0.4) is 0 Å². The van der Waals surface area contributed by atoms with Gasteiger partial charge in [-0.15, -0.1) is 0 Å². The summed E-state index contributed by atoms with van der Waals surface area (Å²) in [6.45, 7) is 1.64. The summed E-state index contributed by atoms with van der Waals surface area (Å²) in [5.74, 6) is -0.722. The van der Waals surface area contributed by atoms with Crippen LogP contribution in [0.4, 0.5) is 0 Å². The monoisotopic (exact) mass is 258 g/mol. The third-order valence-corrected chi connectivity index (χ3v) is 3.46. The largest absolute Gasteiger partial charge is 0.349 e. The van der Waals surface area contributed by atoms with Crippen molar-refractivity contribution in [3.63, 3.8) is 0 Å². The Kier molecular flexibility index (Phi) is 4.59. The third kappa shape index (κ3) is 4.12. The Hall–Kier alpha value is -1.47. The molecule has 7 heteroatoms. The summed E-state index contributed by atoms with van der Waals surface area (Å²) >= 11 is 0. The number of carbonyl (C=O) groups excluding carboxylic acids is 1. The molecule has 1 atom stereocenters. The smallest absolute Gasteiger partial charge is 0.276 e. The Morgan fingerprint density at radius 2 is 2.24 bits per heavy atom. The number of nitrogens with one attached hydrogen (secondary N) is 1. The van der Waals surface area contributed by atoms with E-state index in [0.717, 1.165) is 0 Å². The first-order chi connectivity index (χ1) is 7.95. The summed E-state index contributed by atoms with van der Waals surface area (Å²) in [6.07, 6.45) is 1.59. The molecule has 2 N–H and O–H groups in total. The lowest BCUT2D eigenvalue weighted by Gasteiger charge is -2.11. The van der Waals surface area contributed by atoms with Gasteiger partial charge in [0.05, 0.1) is 12.2 Å². The number of aromatic nitrogens is 1. The molecule has 0 aliphatic heterocycles. The minimum Gasteiger partial charge on any atom is -0.349 e. The third-order valence-electron chi connectivity index (χ3n) is 2.19. The molecular weight excluding hydrogens is 244 g/mol. The summed E-state index contributed by atoms with van der Waals surface area (Å²) in [7, 11) is -4.35. The van der Waals surface area contributed by atoms with Crippen molar-refractivity contribution in [2.75, 3.05) is 0 Å². The first-order valence-electron chi connectivity index (χ1n) is 5.09. The Bertz CT molecular complexity index is 472. The second kappa shape index (κ2) is 5.74. The fourth-order valence-electron chi connectivity index (χ4n) is 1.33. The van der Waals surface area contributed by atoms with Gasteiger partial charge < -0.3 is 5.32 Å². The number of nitrogens with zero attached hydrogens (tertiary/aromatic N) is 1. The average molecular weight is 258 g/mol. The molecule has 0 aliphatic rings. The maximum atomic E-state index is 11.5. The second-order valence-electron chi connectivity index (χ2n) is 3.45. The second-order valence-corrected chi connectivity index (χ2v) is 5.05. The molecule has 0 aliphatic carbocycles. The molecule has 0 fully saturated rings. The molecule has 6 nitrogen and oxygen atoms in total. The Labute approximate surface area is 99.8 Å². The highest BCUT2D eigenvalue weighted by Crippen LogP contribution is 2.04. The van der Waals surface area contributed by atoms with E-state index < -0.39 is 21.3 Å². The number of carbonyl (C=O) groups is 1. The Balaban J connectivity index is 2.61. The van der Waals surface area contributed by atoms with Crippen LogP contribution in [0.2, 0.25) is 0 Å². The zero-order chi connectivity index (χ0) is 12.9. The van der Waals surface area contributed by atoms with Gasteiger partial charge in [0.15, 0.2) is 5.25 Å². The summed E-state index contributed by atoms with van der Waals surface area (Å²) in [6, 6.07) is 5.20. The average Bonchev–Trinajstić information content (AvgIpc) is 2.27. The highest BCUT2D eigenvalue weighted by Gasteiger charge is 2.28. The first-order valence-corrected chi connectivity index (χ1v) is 6.59. The van der Waals surface area contributed by atoms with Gasteiger partial charge in [0, 0.05) is 6.20 Å². The van der Waals surface area contributed by atoms with Gasteiger partial charge in [-0.2, -0.15) is 8.42 Å². The van der Waals surface area contributed by atoms with E-state index >= 15 is 0 Å². The molecule has 0 radical (unpaired) electrons. The number of pyridine rings is 1. The van der Waals surface area contributed by atoms with Crippen LogP contribution in [0.5, 0.6) is 0 Å². The fourth-order valence-corrected chi connectivity index (χ4v) is 2.10. The van der Waals surface area contributed by atoms with E-state index in [0.29, 0.717) is 5.69 Å².